The van der Waals surface area contributed by atoms with Crippen LogP contribution < -0.4 is 0 Å². The van der Waals surface area contributed by atoms with E-state index < -0.39 is 5.41 Å². The summed E-state index contributed by atoms with van der Waals surface area (Å²) in [6.45, 7) is 11.0. The second-order valence-corrected chi connectivity index (χ2v) is 8.00. The number of allylic oxidation sites excluding steroid dienone is 1. The average molecular weight is 295 g/mol. The van der Waals surface area contributed by atoms with Crippen molar-refractivity contribution in [1.29, 1.82) is 0 Å². The first kappa shape index (κ1) is 16.5. The van der Waals surface area contributed by atoms with Crippen LogP contribution in [0.4, 0.5) is 0 Å². The summed E-state index contributed by atoms with van der Waals surface area (Å²) in [5, 5.41) is 0. The van der Waals surface area contributed by atoms with Gasteiger partial charge >= 0.3 is 5.97 Å². The number of carbonyl (C=O) groups excluding carboxylic acids is 1. The van der Waals surface area contributed by atoms with Gasteiger partial charge in [0.05, 0.1) is 17.1 Å². The lowest BCUT2D eigenvalue weighted by atomic mass is 9.71. The molecule has 0 saturated carbocycles. The third-order valence-corrected chi connectivity index (χ3v) is 5.31. The topological polar surface area (TPSA) is 38.8 Å². The van der Waals surface area contributed by atoms with Crippen LogP contribution in [0.25, 0.3) is 0 Å². The molecule has 0 bridgehead atoms. The molecular formula is C17H29NO3. The first-order valence-corrected chi connectivity index (χ1v) is 7.72. The standard InChI is InChI=1S/C17H29NO3/c1-15(2,3)14(19)21-12-8-9-17(10-12)16(4,5)13(20-7)11-18(17)6/h10,13H,8-9,11H2,1-7H3/t13?,17-/m1/s1. The molecule has 21 heavy (non-hydrogen) atoms. The van der Waals surface area contributed by atoms with E-state index >= 15 is 0 Å². The van der Waals surface area contributed by atoms with E-state index in [9.17, 15) is 4.79 Å². The van der Waals surface area contributed by atoms with Crippen LogP contribution in [-0.4, -0.2) is 43.2 Å². The van der Waals surface area contributed by atoms with Gasteiger partial charge in [-0.1, -0.05) is 13.8 Å². The molecule has 1 fully saturated rings. The Morgan fingerprint density at radius 2 is 2.00 bits per heavy atom. The molecule has 4 heteroatoms. The highest BCUT2D eigenvalue weighted by Gasteiger charge is 2.58. The number of ether oxygens (including phenoxy) is 2. The number of methoxy groups -OCH3 is 1. The van der Waals surface area contributed by atoms with E-state index in [1.165, 1.54) is 0 Å². The van der Waals surface area contributed by atoms with Gasteiger partial charge in [0.1, 0.15) is 5.76 Å². The number of hydrogen-bond acceptors (Lipinski definition) is 4. The molecular weight excluding hydrogens is 266 g/mol. The normalized spacial score (nSPS) is 32.5. The fraction of sp³-hybridized carbons (Fsp3) is 0.824. The Morgan fingerprint density at radius 3 is 2.48 bits per heavy atom. The molecule has 1 aliphatic carbocycles. The minimum Gasteiger partial charge on any atom is -0.431 e. The minimum absolute atomic E-state index is 0.00755. The van der Waals surface area contributed by atoms with Gasteiger partial charge in [-0.25, -0.2) is 0 Å². The lowest BCUT2D eigenvalue weighted by Crippen LogP contribution is -2.48. The zero-order chi connectivity index (χ0) is 16.1. The molecule has 120 valence electrons. The SMILES string of the molecule is COC1CN(C)[C@]2(C=C(OC(=O)C(C)(C)C)CC2)C1(C)C. The van der Waals surface area contributed by atoms with Crippen molar-refractivity contribution in [2.75, 3.05) is 20.7 Å². The van der Waals surface area contributed by atoms with Crippen LogP contribution in [0.5, 0.6) is 0 Å². The number of rotatable bonds is 2. The highest BCUT2D eigenvalue weighted by molar-refractivity contribution is 5.76. The fourth-order valence-electron chi connectivity index (χ4n) is 3.67. The van der Waals surface area contributed by atoms with Gasteiger partial charge < -0.3 is 9.47 Å². The van der Waals surface area contributed by atoms with Crippen molar-refractivity contribution in [2.24, 2.45) is 10.8 Å². The predicted octanol–water partition coefficient (Wildman–Crippen LogP) is 2.98. The number of hydrogen-bond donors (Lipinski definition) is 0. The lowest BCUT2D eigenvalue weighted by Gasteiger charge is -2.42. The highest BCUT2D eigenvalue weighted by atomic mass is 16.5. The Kier molecular flexibility index (Phi) is 4.00. The van der Waals surface area contributed by atoms with Crippen molar-refractivity contribution in [2.45, 2.75) is 59.1 Å². The summed E-state index contributed by atoms with van der Waals surface area (Å²) in [5.41, 5.74) is -0.559. The summed E-state index contributed by atoms with van der Waals surface area (Å²) in [4.78, 5) is 14.4. The van der Waals surface area contributed by atoms with E-state index in [-0.39, 0.29) is 23.0 Å². The number of nitrogens with zero attached hydrogens (tertiary/aromatic N) is 1. The summed E-state index contributed by atoms with van der Waals surface area (Å²) in [5.74, 6) is 0.652. The second-order valence-electron chi connectivity index (χ2n) is 8.00. The zero-order valence-electron chi connectivity index (χ0n) is 14.4. The second kappa shape index (κ2) is 5.10. The third kappa shape index (κ3) is 2.53. The molecule has 1 saturated heterocycles. The minimum atomic E-state index is -0.469. The summed E-state index contributed by atoms with van der Waals surface area (Å²) < 4.78 is 11.3. The molecule has 1 unspecified atom stereocenters. The maximum Gasteiger partial charge on any atom is 0.316 e. The monoisotopic (exact) mass is 295 g/mol. The molecule has 0 aromatic rings. The third-order valence-electron chi connectivity index (χ3n) is 5.31. The fourth-order valence-corrected chi connectivity index (χ4v) is 3.67. The van der Waals surface area contributed by atoms with Gasteiger partial charge in [-0.2, -0.15) is 0 Å². The molecule has 1 heterocycles. The molecule has 1 aliphatic heterocycles. The van der Waals surface area contributed by atoms with Crippen LogP contribution in [0, 0.1) is 10.8 Å². The van der Waals surface area contributed by atoms with Crippen LogP contribution in [0.15, 0.2) is 11.8 Å². The Morgan fingerprint density at radius 1 is 1.38 bits per heavy atom. The van der Waals surface area contributed by atoms with Gasteiger partial charge in [0.15, 0.2) is 0 Å². The molecule has 2 aliphatic rings. The van der Waals surface area contributed by atoms with Crippen LogP contribution in [0.1, 0.15) is 47.5 Å². The van der Waals surface area contributed by atoms with Gasteiger partial charge in [-0.3, -0.25) is 9.69 Å². The highest BCUT2D eigenvalue weighted by Crippen LogP contribution is 2.53. The number of esters is 1. The van der Waals surface area contributed by atoms with Gasteiger partial charge in [-0.05, 0) is 40.3 Å². The molecule has 0 aromatic carbocycles. The van der Waals surface area contributed by atoms with Crippen molar-refractivity contribution in [3.63, 3.8) is 0 Å². The number of carbonyl (C=O) groups is 1. The van der Waals surface area contributed by atoms with Gasteiger partial charge in [0, 0.05) is 25.5 Å². The summed E-state index contributed by atoms with van der Waals surface area (Å²) in [6, 6.07) is 0. The van der Waals surface area contributed by atoms with Gasteiger partial charge in [0.25, 0.3) is 0 Å². The Bertz CT molecular complexity index is 461. The summed E-state index contributed by atoms with van der Waals surface area (Å²) in [6.07, 6.45) is 4.14. The largest absolute Gasteiger partial charge is 0.431 e. The predicted molar refractivity (Wildman–Crippen MR) is 82.8 cm³/mol. The van der Waals surface area contributed by atoms with E-state index in [4.69, 9.17) is 9.47 Å². The first-order chi connectivity index (χ1) is 9.54. The van der Waals surface area contributed by atoms with Crippen LogP contribution in [0.3, 0.4) is 0 Å². The number of likely N-dealkylation sites (tertiary alicyclic amines) is 1. The van der Waals surface area contributed by atoms with Gasteiger partial charge in [0.2, 0.25) is 0 Å². The quantitative estimate of drug-likeness (QED) is 0.734. The average Bonchev–Trinajstić information content (AvgIpc) is 2.86. The Balaban J connectivity index is 2.25. The van der Waals surface area contributed by atoms with Crippen molar-refractivity contribution in [3.05, 3.63) is 11.8 Å². The summed E-state index contributed by atoms with van der Waals surface area (Å²) in [7, 11) is 3.91. The van der Waals surface area contributed by atoms with Gasteiger partial charge in [-0.15, -0.1) is 0 Å². The van der Waals surface area contributed by atoms with Crippen molar-refractivity contribution in [1.82, 2.24) is 4.90 Å². The summed E-state index contributed by atoms with van der Waals surface area (Å²) >= 11 is 0. The number of likely N-dealkylation sites (N-methyl/N-ethyl adjacent to an activating group) is 1. The van der Waals surface area contributed by atoms with Crippen LogP contribution >= 0.6 is 0 Å². The zero-order valence-corrected chi connectivity index (χ0v) is 14.4. The Labute approximate surface area is 128 Å². The molecule has 1 spiro atoms. The maximum atomic E-state index is 12.1. The van der Waals surface area contributed by atoms with E-state index in [0.29, 0.717) is 0 Å². The van der Waals surface area contributed by atoms with Crippen molar-refractivity contribution >= 4 is 5.97 Å². The van der Waals surface area contributed by atoms with Crippen LogP contribution in [0.2, 0.25) is 0 Å². The van der Waals surface area contributed by atoms with Crippen LogP contribution in [-0.2, 0) is 14.3 Å². The molecule has 0 radical (unpaired) electrons. The van der Waals surface area contributed by atoms with Crippen molar-refractivity contribution in [3.8, 4) is 0 Å². The molecule has 0 N–H and O–H groups in total. The Hall–Kier alpha value is -0.870. The molecule has 4 nitrogen and oxygen atoms in total. The smallest absolute Gasteiger partial charge is 0.316 e. The molecule has 0 amide bonds. The first-order valence-electron chi connectivity index (χ1n) is 7.72. The molecule has 2 atom stereocenters. The maximum absolute atomic E-state index is 12.1. The van der Waals surface area contributed by atoms with Crippen molar-refractivity contribution < 1.29 is 14.3 Å². The van der Waals surface area contributed by atoms with E-state index in [1.54, 1.807) is 7.11 Å². The molecule has 0 aromatic heterocycles. The van der Waals surface area contributed by atoms with E-state index in [0.717, 1.165) is 25.1 Å². The molecule has 2 rings (SSSR count). The van der Waals surface area contributed by atoms with E-state index in [2.05, 4.69) is 31.9 Å². The lowest BCUT2D eigenvalue weighted by molar-refractivity contribution is -0.148. The van der Waals surface area contributed by atoms with E-state index in [1.807, 2.05) is 20.8 Å².